The number of likely N-dealkylation sites (N-methyl/N-ethyl adjacent to an activating group) is 1. The zero-order valence-corrected chi connectivity index (χ0v) is 22.2. The quantitative estimate of drug-likeness (QED) is 0.288. The molecule has 2 amide bonds. The Bertz CT molecular complexity index is 805. The van der Waals surface area contributed by atoms with Gasteiger partial charge in [0.2, 0.25) is 0 Å². The van der Waals surface area contributed by atoms with E-state index in [4.69, 9.17) is 4.74 Å². The van der Waals surface area contributed by atoms with Crippen LogP contribution in [0, 0.1) is 0 Å². The molecular weight excluding hydrogens is 535 g/mol. The van der Waals surface area contributed by atoms with Crippen LogP contribution in [0.1, 0.15) is 28.8 Å². The van der Waals surface area contributed by atoms with Crippen molar-refractivity contribution in [2.75, 3.05) is 67.0 Å². The topological polar surface area (TPSA) is 89.5 Å². The zero-order chi connectivity index (χ0) is 22.9. The summed E-state index contributed by atoms with van der Waals surface area (Å²) in [5.74, 6) is 0.853. The SMILES string of the molecule is CN=C(NCc1cccc(C(=O)NCCN(C)C)c1)N1CCN(C(=O)C2CCCO2)CC1.I. The average molecular weight is 572 g/mol. The molecule has 2 aliphatic heterocycles. The summed E-state index contributed by atoms with van der Waals surface area (Å²) < 4.78 is 5.54. The number of ether oxygens (including phenoxy) is 1. The van der Waals surface area contributed by atoms with Crippen LogP contribution in [0.15, 0.2) is 29.3 Å². The molecule has 2 heterocycles. The molecule has 2 fully saturated rings. The molecule has 1 atom stereocenters. The number of amides is 2. The minimum absolute atomic E-state index is 0. The summed E-state index contributed by atoms with van der Waals surface area (Å²) in [6.45, 7) is 5.47. The van der Waals surface area contributed by atoms with Crippen molar-refractivity contribution in [3.63, 3.8) is 0 Å². The first-order valence-electron chi connectivity index (χ1n) is 11.4. The summed E-state index contributed by atoms with van der Waals surface area (Å²) >= 11 is 0. The molecule has 2 aliphatic rings. The Morgan fingerprint density at radius 3 is 2.52 bits per heavy atom. The molecule has 9 nitrogen and oxygen atoms in total. The monoisotopic (exact) mass is 572 g/mol. The molecule has 0 aliphatic carbocycles. The van der Waals surface area contributed by atoms with Gasteiger partial charge >= 0.3 is 0 Å². The van der Waals surface area contributed by atoms with E-state index in [1.807, 2.05) is 48.2 Å². The Labute approximate surface area is 213 Å². The van der Waals surface area contributed by atoms with E-state index >= 15 is 0 Å². The number of carbonyl (C=O) groups excluding carboxylic acids is 2. The largest absolute Gasteiger partial charge is 0.368 e. The Kier molecular flexibility index (Phi) is 11.3. The van der Waals surface area contributed by atoms with E-state index in [0.29, 0.717) is 38.3 Å². The number of benzene rings is 1. The first kappa shape index (κ1) is 27.3. The standard InChI is InChI=1S/C23H36N6O3.HI/c1-24-23(29-13-11-28(12-14-29)22(31)20-8-5-15-32-20)26-17-18-6-4-7-19(16-18)21(30)25-9-10-27(2)3;/h4,6-7,16,20H,5,8-15,17H2,1-3H3,(H,24,26)(H,25,30);1H. The number of nitrogens with zero attached hydrogens (tertiary/aromatic N) is 4. The van der Waals surface area contributed by atoms with Gasteiger partial charge in [-0.1, -0.05) is 12.1 Å². The summed E-state index contributed by atoms with van der Waals surface area (Å²) in [5.41, 5.74) is 1.66. The second kappa shape index (κ2) is 13.7. The van der Waals surface area contributed by atoms with Crippen molar-refractivity contribution in [1.82, 2.24) is 25.3 Å². The first-order valence-corrected chi connectivity index (χ1v) is 11.4. The number of nitrogens with one attached hydrogen (secondary N) is 2. The number of hydrogen-bond acceptors (Lipinski definition) is 5. The van der Waals surface area contributed by atoms with Crippen LogP contribution in [-0.4, -0.2) is 106 Å². The van der Waals surface area contributed by atoms with Gasteiger partial charge in [0.1, 0.15) is 6.10 Å². The Morgan fingerprint density at radius 1 is 1.15 bits per heavy atom. The molecule has 1 aromatic rings. The molecular formula is C23H37IN6O3. The molecule has 1 unspecified atom stereocenters. The minimum Gasteiger partial charge on any atom is -0.368 e. The van der Waals surface area contributed by atoms with Crippen LogP contribution < -0.4 is 10.6 Å². The van der Waals surface area contributed by atoms with Crippen molar-refractivity contribution in [3.05, 3.63) is 35.4 Å². The fraction of sp³-hybridized carbons (Fsp3) is 0.609. The third kappa shape index (κ3) is 8.11. The van der Waals surface area contributed by atoms with Gasteiger partial charge < -0.3 is 30.1 Å². The molecule has 1 aromatic carbocycles. The third-order valence-electron chi connectivity index (χ3n) is 5.79. The van der Waals surface area contributed by atoms with Gasteiger partial charge in [-0.15, -0.1) is 24.0 Å². The van der Waals surface area contributed by atoms with E-state index in [2.05, 4.69) is 20.5 Å². The number of rotatable bonds is 7. The zero-order valence-electron chi connectivity index (χ0n) is 19.9. The lowest BCUT2D eigenvalue weighted by Gasteiger charge is -2.37. The van der Waals surface area contributed by atoms with Crippen LogP contribution in [0.25, 0.3) is 0 Å². The lowest BCUT2D eigenvalue weighted by molar-refractivity contribution is -0.142. The normalized spacial score (nSPS) is 18.8. The molecule has 0 bridgehead atoms. The van der Waals surface area contributed by atoms with Gasteiger partial charge in [-0.25, -0.2) is 0 Å². The number of guanidine groups is 1. The Balaban J connectivity index is 0.00000385. The fourth-order valence-electron chi connectivity index (χ4n) is 3.95. The summed E-state index contributed by atoms with van der Waals surface area (Å²) in [6, 6.07) is 7.63. The number of carbonyl (C=O) groups is 2. The lowest BCUT2D eigenvalue weighted by Crippen LogP contribution is -2.55. The van der Waals surface area contributed by atoms with Gasteiger partial charge in [0.25, 0.3) is 11.8 Å². The van der Waals surface area contributed by atoms with Gasteiger partial charge in [-0.3, -0.25) is 14.6 Å². The maximum Gasteiger partial charge on any atom is 0.251 e. The van der Waals surface area contributed by atoms with Crippen LogP contribution in [0.5, 0.6) is 0 Å². The van der Waals surface area contributed by atoms with Gasteiger partial charge in [-0.2, -0.15) is 0 Å². The van der Waals surface area contributed by atoms with E-state index in [1.54, 1.807) is 7.05 Å². The summed E-state index contributed by atoms with van der Waals surface area (Å²) in [7, 11) is 5.72. The molecule has 33 heavy (non-hydrogen) atoms. The lowest BCUT2D eigenvalue weighted by atomic mass is 10.1. The number of aliphatic imine (C=N–C) groups is 1. The highest BCUT2D eigenvalue weighted by molar-refractivity contribution is 14.0. The van der Waals surface area contributed by atoms with Gasteiger partial charge in [0.15, 0.2) is 5.96 Å². The van der Waals surface area contributed by atoms with Gasteiger partial charge in [-0.05, 0) is 44.6 Å². The molecule has 10 heteroatoms. The van der Waals surface area contributed by atoms with Crippen LogP contribution in [-0.2, 0) is 16.1 Å². The van der Waals surface area contributed by atoms with Gasteiger partial charge in [0, 0.05) is 65.0 Å². The first-order chi connectivity index (χ1) is 15.5. The number of halogens is 1. The van der Waals surface area contributed by atoms with Crippen molar-refractivity contribution in [1.29, 1.82) is 0 Å². The Hall–Kier alpha value is -1.92. The van der Waals surface area contributed by atoms with Crippen molar-refractivity contribution < 1.29 is 14.3 Å². The fourth-order valence-corrected chi connectivity index (χ4v) is 3.95. The van der Waals surface area contributed by atoms with Crippen LogP contribution in [0.4, 0.5) is 0 Å². The third-order valence-corrected chi connectivity index (χ3v) is 5.79. The van der Waals surface area contributed by atoms with Crippen LogP contribution in [0.3, 0.4) is 0 Å². The van der Waals surface area contributed by atoms with E-state index < -0.39 is 0 Å². The molecule has 184 valence electrons. The maximum atomic E-state index is 12.5. The number of hydrogen-bond donors (Lipinski definition) is 2. The van der Waals surface area contributed by atoms with E-state index in [-0.39, 0.29) is 41.9 Å². The molecule has 0 spiro atoms. The Morgan fingerprint density at radius 2 is 1.88 bits per heavy atom. The van der Waals surface area contributed by atoms with Crippen molar-refractivity contribution in [3.8, 4) is 0 Å². The molecule has 2 N–H and O–H groups in total. The van der Waals surface area contributed by atoms with E-state index in [9.17, 15) is 9.59 Å². The average Bonchev–Trinajstić information content (AvgIpc) is 3.34. The highest BCUT2D eigenvalue weighted by Gasteiger charge is 2.30. The van der Waals surface area contributed by atoms with Crippen LogP contribution >= 0.6 is 24.0 Å². The maximum absolute atomic E-state index is 12.5. The minimum atomic E-state index is -0.258. The molecule has 2 saturated heterocycles. The highest BCUT2D eigenvalue weighted by atomic mass is 127. The summed E-state index contributed by atoms with van der Waals surface area (Å²) in [6.07, 6.45) is 1.53. The smallest absolute Gasteiger partial charge is 0.251 e. The van der Waals surface area contributed by atoms with E-state index in [0.717, 1.165) is 44.0 Å². The number of piperazine rings is 1. The van der Waals surface area contributed by atoms with Crippen molar-refractivity contribution >= 4 is 41.8 Å². The van der Waals surface area contributed by atoms with E-state index in [1.165, 1.54) is 0 Å². The van der Waals surface area contributed by atoms with Crippen LogP contribution in [0.2, 0.25) is 0 Å². The second-order valence-electron chi connectivity index (χ2n) is 8.47. The predicted octanol–water partition coefficient (Wildman–Crippen LogP) is 0.995. The molecule has 3 rings (SSSR count). The molecule has 0 saturated carbocycles. The second-order valence-corrected chi connectivity index (χ2v) is 8.47. The van der Waals surface area contributed by atoms with Crippen molar-refractivity contribution in [2.45, 2.75) is 25.5 Å². The van der Waals surface area contributed by atoms with Crippen molar-refractivity contribution in [2.24, 2.45) is 4.99 Å². The molecule has 0 aromatic heterocycles. The van der Waals surface area contributed by atoms with Gasteiger partial charge in [0.05, 0.1) is 0 Å². The predicted molar refractivity (Wildman–Crippen MR) is 140 cm³/mol. The summed E-state index contributed by atoms with van der Waals surface area (Å²) in [5, 5.41) is 6.33. The molecule has 0 radical (unpaired) electrons. The highest BCUT2D eigenvalue weighted by Crippen LogP contribution is 2.16. The summed E-state index contributed by atoms with van der Waals surface area (Å²) in [4.78, 5) is 35.4.